The number of hydrogen-bond acceptors (Lipinski definition) is 4. The molecular formula is C13H21FN4. The fourth-order valence-electron chi connectivity index (χ4n) is 2.45. The Morgan fingerprint density at radius 2 is 2.28 bits per heavy atom. The van der Waals surface area contributed by atoms with E-state index in [0.717, 1.165) is 19.6 Å². The van der Waals surface area contributed by atoms with Crippen molar-refractivity contribution in [2.24, 2.45) is 0 Å². The highest BCUT2D eigenvalue weighted by atomic mass is 19.1. The van der Waals surface area contributed by atoms with Crippen molar-refractivity contribution in [1.82, 2.24) is 15.2 Å². The molecule has 0 spiro atoms. The quantitative estimate of drug-likeness (QED) is 0.872. The van der Waals surface area contributed by atoms with Crippen LogP contribution in [-0.2, 0) is 6.54 Å². The molecular weight excluding hydrogens is 231 g/mol. The lowest BCUT2D eigenvalue weighted by molar-refractivity contribution is 0.273. The zero-order valence-electron chi connectivity index (χ0n) is 11.3. The molecule has 0 saturated carbocycles. The first kappa shape index (κ1) is 13.2. The summed E-state index contributed by atoms with van der Waals surface area (Å²) in [6, 6.07) is 2.02. The SMILES string of the molecule is CNCc1ccnc(N2CCN(C)CC2C)c1F. The van der Waals surface area contributed by atoms with E-state index in [0.29, 0.717) is 17.9 Å². The molecule has 0 aliphatic carbocycles. The molecule has 0 amide bonds. The number of hydrogen-bond donors (Lipinski definition) is 1. The fourth-order valence-corrected chi connectivity index (χ4v) is 2.45. The van der Waals surface area contributed by atoms with Gasteiger partial charge in [0.2, 0.25) is 0 Å². The molecule has 1 aromatic heterocycles. The molecule has 2 heterocycles. The maximum absolute atomic E-state index is 14.4. The Kier molecular flexibility index (Phi) is 4.14. The number of halogens is 1. The molecule has 1 aliphatic rings. The molecule has 100 valence electrons. The van der Waals surface area contributed by atoms with Gasteiger partial charge >= 0.3 is 0 Å². The average Bonchev–Trinajstić information content (AvgIpc) is 2.33. The predicted octanol–water partition coefficient (Wildman–Crippen LogP) is 1.08. The minimum atomic E-state index is -0.191. The monoisotopic (exact) mass is 252 g/mol. The molecule has 1 saturated heterocycles. The van der Waals surface area contributed by atoms with Gasteiger partial charge in [0.15, 0.2) is 11.6 Å². The van der Waals surface area contributed by atoms with E-state index in [4.69, 9.17) is 0 Å². The smallest absolute Gasteiger partial charge is 0.170 e. The average molecular weight is 252 g/mol. The largest absolute Gasteiger partial charge is 0.349 e. The van der Waals surface area contributed by atoms with Crippen LogP contribution in [0.2, 0.25) is 0 Å². The van der Waals surface area contributed by atoms with Gasteiger partial charge in [0, 0.05) is 44.0 Å². The van der Waals surface area contributed by atoms with Crippen LogP contribution in [0.1, 0.15) is 12.5 Å². The van der Waals surface area contributed by atoms with Crippen LogP contribution in [0.3, 0.4) is 0 Å². The first-order chi connectivity index (χ1) is 8.63. The highest BCUT2D eigenvalue weighted by Crippen LogP contribution is 2.23. The van der Waals surface area contributed by atoms with Crippen LogP contribution < -0.4 is 10.2 Å². The van der Waals surface area contributed by atoms with Crippen LogP contribution >= 0.6 is 0 Å². The topological polar surface area (TPSA) is 31.4 Å². The van der Waals surface area contributed by atoms with Crippen molar-refractivity contribution in [3.8, 4) is 0 Å². The second-order valence-electron chi connectivity index (χ2n) is 4.94. The van der Waals surface area contributed by atoms with E-state index in [2.05, 4.69) is 34.1 Å². The number of aromatic nitrogens is 1. The van der Waals surface area contributed by atoms with E-state index in [9.17, 15) is 4.39 Å². The van der Waals surface area contributed by atoms with Crippen molar-refractivity contribution in [2.75, 3.05) is 38.6 Å². The van der Waals surface area contributed by atoms with Gasteiger partial charge in [-0.15, -0.1) is 0 Å². The molecule has 1 N–H and O–H groups in total. The third-order valence-corrected chi connectivity index (χ3v) is 3.42. The number of rotatable bonds is 3. The minimum absolute atomic E-state index is 0.191. The third kappa shape index (κ3) is 2.62. The van der Waals surface area contributed by atoms with Gasteiger partial charge in [-0.05, 0) is 27.1 Å². The van der Waals surface area contributed by atoms with Gasteiger partial charge < -0.3 is 15.1 Å². The van der Waals surface area contributed by atoms with Gasteiger partial charge in [0.25, 0.3) is 0 Å². The van der Waals surface area contributed by atoms with E-state index in [-0.39, 0.29) is 11.9 Å². The Morgan fingerprint density at radius 1 is 1.50 bits per heavy atom. The van der Waals surface area contributed by atoms with Crippen molar-refractivity contribution in [1.29, 1.82) is 0 Å². The predicted molar refractivity (Wildman–Crippen MR) is 71.3 cm³/mol. The van der Waals surface area contributed by atoms with Gasteiger partial charge in [-0.2, -0.15) is 0 Å². The van der Waals surface area contributed by atoms with Crippen LogP contribution in [0.4, 0.5) is 10.2 Å². The van der Waals surface area contributed by atoms with E-state index in [1.807, 2.05) is 7.05 Å². The molecule has 18 heavy (non-hydrogen) atoms. The number of likely N-dealkylation sites (N-methyl/N-ethyl adjacent to an activating group) is 1. The van der Waals surface area contributed by atoms with Crippen LogP contribution in [0, 0.1) is 5.82 Å². The van der Waals surface area contributed by atoms with E-state index >= 15 is 0 Å². The van der Waals surface area contributed by atoms with Crippen LogP contribution in [0.15, 0.2) is 12.3 Å². The van der Waals surface area contributed by atoms with Crippen LogP contribution in [0.5, 0.6) is 0 Å². The Bertz CT molecular complexity index is 410. The summed E-state index contributed by atoms with van der Waals surface area (Å²) in [5, 5.41) is 2.98. The maximum atomic E-state index is 14.4. The molecule has 0 aromatic carbocycles. The summed E-state index contributed by atoms with van der Waals surface area (Å²) < 4.78 is 14.4. The van der Waals surface area contributed by atoms with Crippen LogP contribution in [0.25, 0.3) is 0 Å². The Hall–Kier alpha value is -1.20. The maximum Gasteiger partial charge on any atom is 0.170 e. The zero-order valence-corrected chi connectivity index (χ0v) is 11.3. The molecule has 1 aromatic rings. The summed E-state index contributed by atoms with van der Waals surface area (Å²) in [5.74, 6) is 0.298. The van der Waals surface area contributed by atoms with Crippen molar-refractivity contribution >= 4 is 5.82 Å². The lowest BCUT2D eigenvalue weighted by Gasteiger charge is -2.39. The van der Waals surface area contributed by atoms with Crippen molar-refractivity contribution in [3.63, 3.8) is 0 Å². The minimum Gasteiger partial charge on any atom is -0.349 e. The van der Waals surface area contributed by atoms with Crippen molar-refractivity contribution < 1.29 is 4.39 Å². The normalized spacial score (nSPS) is 21.3. The number of piperazine rings is 1. The summed E-state index contributed by atoms with van der Waals surface area (Å²) in [6.45, 7) is 5.36. The number of pyridine rings is 1. The molecule has 1 atom stereocenters. The second kappa shape index (κ2) is 5.63. The summed E-state index contributed by atoms with van der Waals surface area (Å²) in [6.07, 6.45) is 1.69. The molecule has 0 radical (unpaired) electrons. The highest BCUT2D eigenvalue weighted by Gasteiger charge is 2.25. The highest BCUT2D eigenvalue weighted by molar-refractivity contribution is 5.44. The zero-order chi connectivity index (χ0) is 13.1. The number of nitrogens with one attached hydrogen (secondary N) is 1. The summed E-state index contributed by atoms with van der Waals surface area (Å²) in [7, 11) is 3.91. The van der Waals surface area contributed by atoms with E-state index in [1.165, 1.54) is 0 Å². The van der Waals surface area contributed by atoms with E-state index in [1.54, 1.807) is 12.3 Å². The van der Waals surface area contributed by atoms with Crippen LogP contribution in [-0.4, -0.2) is 49.7 Å². The molecule has 1 aliphatic heterocycles. The number of anilines is 1. The molecule has 0 bridgehead atoms. The first-order valence-corrected chi connectivity index (χ1v) is 6.36. The Labute approximate surface area is 108 Å². The lowest BCUT2D eigenvalue weighted by atomic mass is 10.1. The van der Waals surface area contributed by atoms with Crippen molar-refractivity contribution in [3.05, 3.63) is 23.6 Å². The van der Waals surface area contributed by atoms with Crippen molar-refractivity contribution in [2.45, 2.75) is 19.5 Å². The molecule has 1 unspecified atom stereocenters. The summed E-state index contributed by atoms with van der Waals surface area (Å²) in [5.41, 5.74) is 0.675. The van der Waals surface area contributed by atoms with Gasteiger partial charge in [0.05, 0.1) is 0 Å². The Morgan fingerprint density at radius 3 is 2.94 bits per heavy atom. The standard InChI is InChI=1S/C13H21FN4/c1-10-9-17(3)6-7-18(10)13-12(14)11(8-15-2)4-5-16-13/h4-5,10,15H,6-9H2,1-3H3. The van der Waals surface area contributed by atoms with E-state index < -0.39 is 0 Å². The summed E-state index contributed by atoms with van der Waals surface area (Å²) in [4.78, 5) is 8.55. The Balaban J connectivity index is 2.25. The van der Waals surface area contributed by atoms with Gasteiger partial charge in [-0.1, -0.05) is 0 Å². The molecule has 4 nitrogen and oxygen atoms in total. The molecule has 5 heteroatoms. The van der Waals surface area contributed by atoms with Gasteiger partial charge in [-0.3, -0.25) is 0 Å². The van der Waals surface area contributed by atoms with Gasteiger partial charge in [-0.25, -0.2) is 9.37 Å². The molecule has 2 rings (SSSR count). The third-order valence-electron chi connectivity index (χ3n) is 3.42. The first-order valence-electron chi connectivity index (χ1n) is 6.36. The van der Waals surface area contributed by atoms with Gasteiger partial charge in [0.1, 0.15) is 0 Å². The second-order valence-corrected chi connectivity index (χ2v) is 4.94. The number of nitrogens with zero attached hydrogens (tertiary/aromatic N) is 3. The summed E-state index contributed by atoms with van der Waals surface area (Å²) >= 11 is 0. The fraction of sp³-hybridized carbons (Fsp3) is 0.615. The molecule has 1 fully saturated rings. The lowest BCUT2D eigenvalue weighted by Crippen LogP contribution is -2.51.